The molecule has 2 fully saturated rings. The van der Waals surface area contributed by atoms with Gasteiger partial charge in [0.05, 0.1) is 10.7 Å². The lowest BCUT2D eigenvalue weighted by molar-refractivity contribution is 0.156. The van der Waals surface area contributed by atoms with Crippen molar-refractivity contribution in [1.29, 1.82) is 0 Å². The third kappa shape index (κ3) is 3.36. The number of rotatable bonds is 4. The van der Waals surface area contributed by atoms with E-state index in [1.165, 1.54) is 56.0 Å². The molecule has 1 aromatic rings. The highest BCUT2D eigenvalue weighted by atomic mass is 32.1. The predicted octanol–water partition coefficient (Wildman–Crippen LogP) is 2.67. The van der Waals surface area contributed by atoms with Crippen LogP contribution in [-0.2, 0) is 13.0 Å². The summed E-state index contributed by atoms with van der Waals surface area (Å²) in [5.41, 5.74) is 1.28. The third-order valence-electron chi connectivity index (χ3n) is 4.59. The Balaban J connectivity index is 1.47. The molecule has 3 nitrogen and oxygen atoms in total. The van der Waals surface area contributed by atoms with Crippen LogP contribution in [0, 0.1) is 5.92 Å². The Morgan fingerprint density at radius 3 is 2.84 bits per heavy atom. The molecule has 0 aromatic carbocycles. The molecule has 106 valence electrons. The molecule has 0 saturated carbocycles. The number of piperidine rings is 1. The zero-order valence-electron chi connectivity index (χ0n) is 11.9. The van der Waals surface area contributed by atoms with Gasteiger partial charge in [0.15, 0.2) is 0 Å². The lowest BCUT2D eigenvalue weighted by Crippen LogP contribution is -2.40. The molecule has 0 radical (unpaired) electrons. The standard InChI is InChI=1S/C15H25N3S/c1-2-15-17-13(11-19-15)10-18-8-5-12(6-9-18)14-4-3-7-16-14/h11-12,14,16H,2-10H2,1H3. The fourth-order valence-corrected chi connectivity index (χ4v) is 4.18. The van der Waals surface area contributed by atoms with Gasteiger partial charge in [-0.25, -0.2) is 4.98 Å². The van der Waals surface area contributed by atoms with E-state index in [9.17, 15) is 0 Å². The van der Waals surface area contributed by atoms with Gasteiger partial charge in [-0.05, 0) is 57.7 Å². The molecule has 3 heterocycles. The molecule has 1 N–H and O–H groups in total. The number of nitrogens with zero attached hydrogens (tertiary/aromatic N) is 2. The Bertz CT molecular complexity index is 390. The second-order valence-electron chi connectivity index (χ2n) is 5.90. The Hall–Kier alpha value is -0.450. The molecular weight excluding hydrogens is 254 g/mol. The summed E-state index contributed by atoms with van der Waals surface area (Å²) >= 11 is 1.81. The monoisotopic (exact) mass is 279 g/mol. The number of hydrogen-bond acceptors (Lipinski definition) is 4. The summed E-state index contributed by atoms with van der Waals surface area (Å²) in [7, 11) is 0. The smallest absolute Gasteiger partial charge is 0.0926 e. The Kier molecular flexibility index (Phi) is 4.51. The van der Waals surface area contributed by atoms with Crippen molar-refractivity contribution < 1.29 is 0 Å². The first-order valence-electron chi connectivity index (χ1n) is 7.74. The molecule has 2 saturated heterocycles. The SMILES string of the molecule is CCc1nc(CN2CCC(C3CCCN3)CC2)cs1. The van der Waals surface area contributed by atoms with E-state index in [1.54, 1.807) is 0 Å². The van der Waals surface area contributed by atoms with Crippen LogP contribution in [0.2, 0.25) is 0 Å². The maximum atomic E-state index is 4.68. The van der Waals surface area contributed by atoms with E-state index in [0.29, 0.717) is 0 Å². The van der Waals surface area contributed by atoms with Crippen molar-refractivity contribution in [1.82, 2.24) is 15.2 Å². The fourth-order valence-electron chi connectivity index (χ4n) is 3.44. The minimum atomic E-state index is 0.813. The lowest BCUT2D eigenvalue weighted by atomic mass is 9.88. The molecule has 19 heavy (non-hydrogen) atoms. The Labute approximate surface area is 120 Å². The van der Waals surface area contributed by atoms with E-state index < -0.39 is 0 Å². The quantitative estimate of drug-likeness (QED) is 0.918. The summed E-state index contributed by atoms with van der Waals surface area (Å²) < 4.78 is 0. The summed E-state index contributed by atoms with van der Waals surface area (Å²) in [5, 5.41) is 7.19. The number of hydrogen-bond donors (Lipinski definition) is 1. The maximum absolute atomic E-state index is 4.68. The van der Waals surface area contributed by atoms with Crippen molar-refractivity contribution in [3.05, 3.63) is 16.1 Å². The normalized spacial score (nSPS) is 26.1. The van der Waals surface area contributed by atoms with Gasteiger partial charge in [0.25, 0.3) is 0 Å². The molecule has 1 atom stereocenters. The van der Waals surface area contributed by atoms with E-state index in [-0.39, 0.29) is 0 Å². The minimum absolute atomic E-state index is 0.813. The van der Waals surface area contributed by atoms with Crippen molar-refractivity contribution in [3.8, 4) is 0 Å². The van der Waals surface area contributed by atoms with Crippen LogP contribution in [0.25, 0.3) is 0 Å². The first-order chi connectivity index (χ1) is 9.35. The number of thiazole rings is 1. The first kappa shape index (κ1) is 13.5. The molecule has 0 bridgehead atoms. The van der Waals surface area contributed by atoms with Crippen molar-refractivity contribution in [2.45, 2.75) is 51.6 Å². The van der Waals surface area contributed by atoms with E-state index in [1.807, 2.05) is 11.3 Å². The van der Waals surface area contributed by atoms with Gasteiger partial charge in [0.2, 0.25) is 0 Å². The highest BCUT2D eigenvalue weighted by Gasteiger charge is 2.28. The summed E-state index contributed by atoms with van der Waals surface area (Å²) in [6.45, 7) is 6.98. The van der Waals surface area contributed by atoms with Crippen molar-refractivity contribution in [2.75, 3.05) is 19.6 Å². The van der Waals surface area contributed by atoms with Crippen LogP contribution in [0.4, 0.5) is 0 Å². The molecule has 4 heteroatoms. The van der Waals surface area contributed by atoms with Crippen LogP contribution in [0.1, 0.15) is 43.3 Å². The van der Waals surface area contributed by atoms with Crippen molar-refractivity contribution >= 4 is 11.3 Å². The topological polar surface area (TPSA) is 28.2 Å². The van der Waals surface area contributed by atoms with Gasteiger partial charge in [-0.15, -0.1) is 11.3 Å². The average molecular weight is 279 g/mol. The molecule has 3 rings (SSSR count). The number of aryl methyl sites for hydroxylation is 1. The van der Waals surface area contributed by atoms with Gasteiger partial charge in [-0.1, -0.05) is 6.92 Å². The van der Waals surface area contributed by atoms with E-state index in [4.69, 9.17) is 0 Å². The lowest BCUT2D eigenvalue weighted by Gasteiger charge is -2.34. The predicted molar refractivity (Wildman–Crippen MR) is 80.5 cm³/mol. The maximum Gasteiger partial charge on any atom is 0.0926 e. The molecule has 0 spiro atoms. The average Bonchev–Trinajstić information content (AvgIpc) is 3.10. The van der Waals surface area contributed by atoms with E-state index in [0.717, 1.165) is 24.9 Å². The molecule has 2 aliphatic rings. The first-order valence-corrected chi connectivity index (χ1v) is 8.62. The van der Waals surface area contributed by atoms with E-state index >= 15 is 0 Å². The third-order valence-corrected chi connectivity index (χ3v) is 5.63. The summed E-state index contributed by atoms with van der Waals surface area (Å²) in [5.74, 6) is 0.917. The Morgan fingerprint density at radius 1 is 1.37 bits per heavy atom. The summed E-state index contributed by atoms with van der Waals surface area (Å²) in [6, 6.07) is 0.813. The van der Waals surface area contributed by atoms with Gasteiger partial charge in [0, 0.05) is 18.0 Å². The van der Waals surface area contributed by atoms with Crippen LogP contribution < -0.4 is 5.32 Å². The largest absolute Gasteiger partial charge is 0.314 e. The second kappa shape index (κ2) is 6.33. The van der Waals surface area contributed by atoms with Crippen LogP contribution >= 0.6 is 11.3 Å². The van der Waals surface area contributed by atoms with Gasteiger partial charge in [-0.3, -0.25) is 4.90 Å². The second-order valence-corrected chi connectivity index (χ2v) is 6.85. The number of likely N-dealkylation sites (tertiary alicyclic amines) is 1. The molecule has 2 aliphatic heterocycles. The van der Waals surface area contributed by atoms with Crippen LogP contribution in [0.15, 0.2) is 5.38 Å². The molecule has 0 aliphatic carbocycles. The van der Waals surface area contributed by atoms with Gasteiger partial charge in [-0.2, -0.15) is 0 Å². The highest BCUT2D eigenvalue weighted by Crippen LogP contribution is 2.26. The number of aromatic nitrogens is 1. The highest BCUT2D eigenvalue weighted by molar-refractivity contribution is 7.09. The van der Waals surface area contributed by atoms with Crippen molar-refractivity contribution in [2.24, 2.45) is 5.92 Å². The van der Waals surface area contributed by atoms with Crippen molar-refractivity contribution in [3.63, 3.8) is 0 Å². The number of nitrogens with one attached hydrogen (secondary N) is 1. The zero-order valence-corrected chi connectivity index (χ0v) is 12.7. The minimum Gasteiger partial charge on any atom is -0.314 e. The zero-order chi connectivity index (χ0) is 13.1. The van der Waals surface area contributed by atoms with Gasteiger partial charge in [0.1, 0.15) is 0 Å². The Morgan fingerprint density at radius 2 is 2.21 bits per heavy atom. The molecular formula is C15H25N3S. The van der Waals surface area contributed by atoms with Gasteiger partial charge >= 0.3 is 0 Å². The van der Waals surface area contributed by atoms with Crippen LogP contribution in [0.5, 0.6) is 0 Å². The van der Waals surface area contributed by atoms with E-state index in [2.05, 4.69) is 27.5 Å². The fraction of sp³-hybridized carbons (Fsp3) is 0.800. The van der Waals surface area contributed by atoms with Crippen LogP contribution in [-0.4, -0.2) is 35.6 Å². The summed E-state index contributed by atoms with van der Waals surface area (Å²) in [6.07, 6.45) is 6.57. The molecule has 0 amide bonds. The van der Waals surface area contributed by atoms with Gasteiger partial charge < -0.3 is 5.32 Å². The van der Waals surface area contributed by atoms with Crippen LogP contribution in [0.3, 0.4) is 0 Å². The summed E-state index contributed by atoms with van der Waals surface area (Å²) in [4.78, 5) is 7.27. The molecule has 1 aromatic heterocycles. The molecule has 1 unspecified atom stereocenters.